The second-order valence-electron chi connectivity index (χ2n) is 10.5. The van der Waals surface area contributed by atoms with Gasteiger partial charge in [-0.1, -0.05) is 29.3 Å². The molecule has 0 saturated carbocycles. The van der Waals surface area contributed by atoms with E-state index >= 15 is 0 Å². The molecule has 1 N–H and O–H groups in total. The summed E-state index contributed by atoms with van der Waals surface area (Å²) in [7, 11) is -3.22. The third-order valence-electron chi connectivity index (χ3n) is 7.89. The summed E-state index contributed by atoms with van der Waals surface area (Å²) in [6.45, 7) is 8.37. The summed E-state index contributed by atoms with van der Waals surface area (Å²) in [4.78, 5) is 13.8. The fourth-order valence-corrected chi connectivity index (χ4v) is 7.63. The first-order valence-electron chi connectivity index (χ1n) is 13.3. The quantitative estimate of drug-likeness (QED) is 0.478. The Kier molecular flexibility index (Phi) is 8.96. The average molecular weight is 584 g/mol. The van der Waals surface area contributed by atoms with Crippen molar-refractivity contribution in [1.29, 1.82) is 0 Å². The Labute approximate surface area is 235 Å². The zero-order valence-corrected chi connectivity index (χ0v) is 24.1. The third kappa shape index (κ3) is 6.71. The third-order valence-corrected chi connectivity index (χ3v) is 10.3. The number of benzene rings is 1. The van der Waals surface area contributed by atoms with Crippen LogP contribution in [0.15, 0.2) is 30.6 Å². The molecule has 2 atom stereocenters. The van der Waals surface area contributed by atoms with Crippen LogP contribution in [0.5, 0.6) is 0 Å². The van der Waals surface area contributed by atoms with Crippen LogP contribution in [0.25, 0.3) is 0 Å². The van der Waals surface area contributed by atoms with Gasteiger partial charge in [0, 0.05) is 49.3 Å². The van der Waals surface area contributed by atoms with Gasteiger partial charge in [-0.15, -0.1) is 0 Å². The minimum Gasteiger partial charge on any atom is -0.379 e. The molecule has 1 aromatic carbocycles. The van der Waals surface area contributed by atoms with Gasteiger partial charge in [0.2, 0.25) is 10.0 Å². The van der Waals surface area contributed by atoms with E-state index in [-0.39, 0.29) is 11.8 Å². The van der Waals surface area contributed by atoms with Crippen molar-refractivity contribution >= 4 is 44.9 Å². The summed E-state index contributed by atoms with van der Waals surface area (Å²) in [5.41, 5.74) is 0.951. The molecule has 0 radical (unpaired) electrons. The number of likely N-dealkylation sites (tertiary alicyclic amines) is 1. The van der Waals surface area contributed by atoms with Crippen LogP contribution in [0.2, 0.25) is 10.0 Å². The van der Waals surface area contributed by atoms with E-state index in [1.165, 1.54) is 6.42 Å². The number of hydrogen-bond acceptors (Lipinski definition) is 8. The zero-order chi connectivity index (χ0) is 26.7. The first kappa shape index (κ1) is 27.9. The van der Waals surface area contributed by atoms with E-state index in [2.05, 4.69) is 20.1 Å². The molecule has 3 fully saturated rings. The maximum atomic E-state index is 12.7. The summed E-state index contributed by atoms with van der Waals surface area (Å²) in [5.74, 6) is 2.91. The van der Waals surface area contributed by atoms with Crippen molar-refractivity contribution < 1.29 is 13.2 Å². The topological polar surface area (TPSA) is 90.9 Å². The molecule has 3 saturated heterocycles. The van der Waals surface area contributed by atoms with Gasteiger partial charge in [-0.25, -0.2) is 13.4 Å². The number of sulfonamides is 1. The fraction of sp³-hybridized carbons (Fsp3) is 0.615. The van der Waals surface area contributed by atoms with Gasteiger partial charge in [0.15, 0.2) is 0 Å². The largest absolute Gasteiger partial charge is 0.379 e. The van der Waals surface area contributed by atoms with Crippen LogP contribution in [-0.4, -0.2) is 92.4 Å². The molecule has 0 bridgehead atoms. The van der Waals surface area contributed by atoms with E-state index in [9.17, 15) is 8.42 Å². The molecular formula is C26H36Cl2N6O3S. The lowest BCUT2D eigenvalue weighted by molar-refractivity contribution is 0.0726. The number of anilines is 2. The number of nitrogens with zero attached hydrogens (tertiary/aromatic N) is 5. The molecule has 38 heavy (non-hydrogen) atoms. The van der Waals surface area contributed by atoms with Crippen molar-refractivity contribution in [1.82, 2.24) is 19.2 Å². The fourth-order valence-electron chi connectivity index (χ4n) is 5.61. The highest BCUT2D eigenvalue weighted by atomic mass is 35.5. The van der Waals surface area contributed by atoms with Crippen LogP contribution < -0.4 is 10.2 Å². The monoisotopic (exact) mass is 582 g/mol. The van der Waals surface area contributed by atoms with Crippen molar-refractivity contribution in [2.24, 2.45) is 11.8 Å². The number of hydrogen-bond donors (Lipinski definition) is 1. The van der Waals surface area contributed by atoms with Crippen LogP contribution in [0, 0.1) is 11.8 Å². The molecule has 1 aromatic heterocycles. The Bertz CT molecular complexity index is 1210. The molecule has 208 valence electrons. The first-order valence-corrected chi connectivity index (χ1v) is 15.7. The van der Waals surface area contributed by atoms with Gasteiger partial charge in [0.1, 0.15) is 11.6 Å². The van der Waals surface area contributed by atoms with E-state index in [1.807, 2.05) is 25.3 Å². The molecular weight excluding hydrogens is 547 g/mol. The van der Waals surface area contributed by atoms with Crippen molar-refractivity contribution in [3.8, 4) is 0 Å². The molecule has 3 aliphatic rings. The summed E-state index contributed by atoms with van der Waals surface area (Å²) >= 11 is 12.4. The average Bonchev–Trinajstić information content (AvgIpc) is 2.88. The number of morpholine rings is 1. The highest BCUT2D eigenvalue weighted by molar-refractivity contribution is 7.89. The van der Waals surface area contributed by atoms with E-state index in [4.69, 9.17) is 32.9 Å². The van der Waals surface area contributed by atoms with Crippen LogP contribution in [0.1, 0.15) is 31.4 Å². The number of ether oxygens (including phenoxy) is 1. The van der Waals surface area contributed by atoms with E-state index < -0.39 is 10.0 Å². The minimum absolute atomic E-state index is 0.0475. The van der Waals surface area contributed by atoms with E-state index in [0.717, 1.165) is 44.0 Å². The van der Waals surface area contributed by atoms with Crippen LogP contribution in [-0.2, 0) is 14.8 Å². The molecule has 0 aliphatic carbocycles. The second-order valence-corrected chi connectivity index (χ2v) is 13.4. The minimum atomic E-state index is -3.22. The highest BCUT2D eigenvalue weighted by Gasteiger charge is 2.37. The Hall–Kier alpha value is -1.69. The highest BCUT2D eigenvalue weighted by Crippen LogP contribution is 2.34. The van der Waals surface area contributed by atoms with Crippen molar-refractivity contribution in [2.75, 3.05) is 75.0 Å². The van der Waals surface area contributed by atoms with Crippen LogP contribution >= 0.6 is 23.2 Å². The summed E-state index contributed by atoms with van der Waals surface area (Å²) < 4.78 is 32.3. The number of nitrogens with one attached hydrogen (secondary N) is 1. The van der Waals surface area contributed by atoms with E-state index in [0.29, 0.717) is 60.5 Å². The zero-order valence-electron chi connectivity index (χ0n) is 21.7. The smallest absolute Gasteiger partial charge is 0.215 e. The molecule has 5 rings (SSSR count). The second kappa shape index (κ2) is 12.2. The summed E-state index contributed by atoms with van der Waals surface area (Å²) in [5, 5.41) is 4.63. The van der Waals surface area contributed by atoms with Crippen molar-refractivity contribution in [3.63, 3.8) is 0 Å². The lowest BCUT2D eigenvalue weighted by atomic mass is 9.80. The Morgan fingerprint density at radius 2 is 1.89 bits per heavy atom. The SMILES string of the molecule is C[C@@H](Nc1cncc(N2CC([C@@H]3CCCN(CCS(=O)(=O)N4CCOCC4)C3)C2)n1)c1ccc(Cl)cc1Cl. The predicted octanol–water partition coefficient (Wildman–Crippen LogP) is 3.77. The maximum Gasteiger partial charge on any atom is 0.215 e. The van der Waals surface area contributed by atoms with Gasteiger partial charge >= 0.3 is 0 Å². The Balaban J connectivity index is 1.11. The molecule has 0 spiro atoms. The molecule has 12 heteroatoms. The summed E-state index contributed by atoms with van der Waals surface area (Å²) in [6.07, 6.45) is 5.84. The van der Waals surface area contributed by atoms with Gasteiger partial charge < -0.3 is 19.9 Å². The molecule has 3 aliphatic heterocycles. The first-order chi connectivity index (χ1) is 18.3. The van der Waals surface area contributed by atoms with Gasteiger partial charge in [0.25, 0.3) is 0 Å². The Morgan fingerprint density at radius 1 is 1.11 bits per heavy atom. The van der Waals surface area contributed by atoms with Crippen molar-refractivity contribution in [3.05, 3.63) is 46.2 Å². The maximum absolute atomic E-state index is 12.7. The van der Waals surface area contributed by atoms with Crippen molar-refractivity contribution in [2.45, 2.75) is 25.8 Å². The Morgan fingerprint density at radius 3 is 2.66 bits per heavy atom. The van der Waals surface area contributed by atoms with Gasteiger partial charge in [0.05, 0.1) is 37.4 Å². The van der Waals surface area contributed by atoms with Gasteiger partial charge in [-0.2, -0.15) is 4.31 Å². The normalized spacial score (nSPS) is 22.7. The standard InChI is InChI=1S/C26H36Cl2N6O3S/c1-19(23-5-4-22(27)13-24(23)28)30-25-14-29-15-26(31-25)33-17-21(18-33)20-3-2-6-32(16-20)9-12-38(35,36)34-7-10-37-11-8-34/h4-5,13-15,19-21H,2-3,6-12,16-18H2,1H3,(H,30,31)/t19-,20-/m1/s1. The molecule has 0 amide bonds. The number of aromatic nitrogens is 2. The predicted molar refractivity (Wildman–Crippen MR) is 152 cm³/mol. The summed E-state index contributed by atoms with van der Waals surface area (Å²) in [6, 6.07) is 5.45. The van der Waals surface area contributed by atoms with Crippen LogP contribution in [0.3, 0.4) is 0 Å². The molecule has 4 heterocycles. The van der Waals surface area contributed by atoms with Crippen LogP contribution in [0.4, 0.5) is 11.6 Å². The lowest BCUT2D eigenvalue weighted by Gasteiger charge is -2.47. The number of rotatable bonds is 9. The van der Waals surface area contributed by atoms with Gasteiger partial charge in [-0.3, -0.25) is 4.98 Å². The van der Waals surface area contributed by atoms with E-state index in [1.54, 1.807) is 16.6 Å². The molecule has 0 unspecified atom stereocenters. The molecule has 9 nitrogen and oxygen atoms in total. The molecule has 2 aromatic rings. The number of piperidine rings is 1. The van der Waals surface area contributed by atoms with Gasteiger partial charge in [-0.05, 0) is 55.8 Å². The number of halogens is 2. The lowest BCUT2D eigenvalue weighted by Crippen LogP contribution is -2.54.